The van der Waals surface area contributed by atoms with Crippen molar-refractivity contribution in [2.75, 3.05) is 47.4 Å². The lowest BCUT2D eigenvalue weighted by atomic mass is 10.1. The third kappa shape index (κ3) is 5.21. The topological polar surface area (TPSA) is 35.9 Å². The van der Waals surface area contributed by atoms with Crippen molar-refractivity contribution in [1.29, 1.82) is 0 Å². The summed E-state index contributed by atoms with van der Waals surface area (Å²) in [4.78, 5) is 4.52. The molecule has 4 aromatic rings. The molecule has 0 aliphatic carbocycles. The second-order valence-electron chi connectivity index (χ2n) is 8.26. The third-order valence-electron chi connectivity index (χ3n) is 5.61. The van der Waals surface area contributed by atoms with Crippen LogP contribution < -0.4 is 4.74 Å². The summed E-state index contributed by atoms with van der Waals surface area (Å²) in [6, 6.07) is 12.1. The first kappa shape index (κ1) is 22.1. The Bertz CT molecular complexity index is 1150. The highest BCUT2D eigenvalue weighted by molar-refractivity contribution is 7.17. The average Bonchev–Trinajstić information content (AvgIpc) is 3.36. The third-order valence-corrected chi connectivity index (χ3v) is 7.61. The summed E-state index contributed by atoms with van der Waals surface area (Å²) in [5, 5.41) is 16.9. The molecule has 6 heteroatoms. The van der Waals surface area contributed by atoms with Gasteiger partial charge in [-0.1, -0.05) is 12.1 Å². The molecule has 0 amide bonds. The molecule has 0 bridgehead atoms. The van der Waals surface area contributed by atoms with Crippen molar-refractivity contribution >= 4 is 42.8 Å². The Balaban J connectivity index is 1.33. The van der Waals surface area contributed by atoms with Gasteiger partial charge in [0.05, 0.1) is 0 Å². The minimum absolute atomic E-state index is 0.383. The van der Waals surface area contributed by atoms with Gasteiger partial charge in [-0.2, -0.15) is 0 Å². The zero-order valence-electron chi connectivity index (χ0n) is 18.4. The number of hydrogen-bond acceptors (Lipinski definition) is 6. The Hall–Kier alpha value is -2.12. The van der Waals surface area contributed by atoms with Crippen LogP contribution >= 0.6 is 22.7 Å². The van der Waals surface area contributed by atoms with Gasteiger partial charge in [0, 0.05) is 39.8 Å². The maximum Gasteiger partial charge on any atom is 0.128 e. The quantitative estimate of drug-likeness (QED) is 0.344. The first-order valence-electron chi connectivity index (χ1n) is 10.7. The Kier molecular flexibility index (Phi) is 7.13. The van der Waals surface area contributed by atoms with E-state index in [1.165, 1.54) is 21.2 Å². The molecular formula is C25H30N2O2S2. The van der Waals surface area contributed by atoms with E-state index in [4.69, 9.17) is 4.74 Å². The second kappa shape index (κ2) is 10.0. The number of fused-ring (bicyclic) bond motifs is 2. The normalized spacial score (nSPS) is 11.9. The van der Waals surface area contributed by atoms with Crippen LogP contribution in [0.3, 0.4) is 0 Å². The van der Waals surface area contributed by atoms with E-state index in [-0.39, 0.29) is 0 Å². The molecule has 1 N–H and O–H groups in total. The largest absolute Gasteiger partial charge is 0.507 e. The molecule has 4 rings (SSSR count). The molecule has 164 valence electrons. The number of nitrogens with zero attached hydrogens (tertiary/aromatic N) is 2. The zero-order valence-corrected chi connectivity index (χ0v) is 20.1. The summed E-state index contributed by atoms with van der Waals surface area (Å²) in [6.45, 7) is 3.49. The van der Waals surface area contributed by atoms with Crippen molar-refractivity contribution in [1.82, 2.24) is 9.80 Å². The van der Waals surface area contributed by atoms with E-state index in [0.717, 1.165) is 48.3 Å². The van der Waals surface area contributed by atoms with Gasteiger partial charge in [-0.25, -0.2) is 0 Å². The Morgan fingerprint density at radius 3 is 2.19 bits per heavy atom. The summed E-state index contributed by atoms with van der Waals surface area (Å²) >= 11 is 3.50. The van der Waals surface area contributed by atoms with E-state index in [0.29, 0.717) is 12.4 Å². The molecule has 2 aromatic carbocycles. The Labute approximate surface area is 192 Å². The molecule has 0 unspecified atom stereocenters. The van der Waals surface area contributed by atoms with Gasteiger partial charge in [0.1, 0.15) is 18.1 Å². The van der Waals surface area contributed by atoms with Crippen LogP contribution in [0.15, 0.2) is 47.2 Å². The fourth-order valence-electron chi connectivity index (χ4n) is 3.82. The van der Waals surface area contributed by atoms with Crippen LogP contribution in [0.25, 0.3) is 20.2 Å². The van der Waals surface area contributed by atoms with E-state index in [1.54, 1.807) is 28.7 Å². The molecule has 4 nitrogen and oxygen atoms in total. The number of hydrogen-bond donors (Lipinski definition) is 1. The average molecular weight is 455 g/mol. The van der Waals surface area contributed by atoms with Gasteiger partial charge in [-0.3, -0.25) is 0 Å². The number of phenolic OH excluding ortho intramolecular Hbond substituents is 1. The molecule has 0 aliphatic heterocycles. The number of ether oxygens (including phenoxy) is 1. The highest BCUT2D eigenvalue weighted by Gasteiger charge is 2.12. The van der Waals surface area contributed by atoms with Crippen molar-refractivity contribution < 1.29 is 9.84 Å². The summed E-state index contributed by atoms with van der Waals surface area (Å²) in [5.41, 5.74) is 2.60. The Morgan fingerprint density at radius 2 is 1.45 bits per heavy atom. The summed E-state index contributed by atoms with van der Waals surface area (Å²) in [7, 11) is 6.36. The molecule has 0 spiro atoms. The van der Waals surface area contributed by atoms with Crippen LogP contribution in [0.4, 0.5) is 0 Å². The zero-order chi connectivity index (χ0) is 21.8. The van der Waals surface area contributed by atoms with Crippen LogP contribution in [0, 0.1) is 0 Å². The highest BCUT2D eigenvalue weighted by atomic mass is 32.1. The molecule has 2 heterocycles. The highest BCUT2D eigenvalue weighted by Crippen LogP contribution is 2.35. The van der Waals surface area contributed by atoms with Crippen LogP contribution in [-0.2, 0) is 12.8 Å². The van der Waals surface area contributed by atoms with E-state index < -0.39 is 0 Å². The van der Waals surface area contributed by atoms with Gasteiger partial charge >= 0.3 is 0 Å². The predicted octanol–water partition coefficient (Wildman–Crippen LogP) is 5.48. The van der Waals surface area contributed by atoms with Crippen LogP contribution in [0.5, 0.6) is 11.5 Å². The summed E-state index contributed by atoms with van der Waals surface area (Å²) in [5.74, 6) is 1.38. The first-order chi connectivity index (χ1) is 15.0. The fourth-order valence-corrected chi connectivity index (χ4v) is 5.85. The van der Waals surface area contributed by atoms with Crippen molar-refractivity contribution in [2.24, 2.45) is 0 Å². The van der Waals surface area contributed by atoms with Crippen molar-refractivity contribution in [3.63, 3.8) is 0 Å². The van der Waals surface area contributed by atoms with Gasteiger partial charge in [0.2, 0.25) is 0 Å². The molecule has 0 aliphatic rings. The lowest BCUT2D eigenvalue weighted by Gasteiger charge is -2.17. The number of aromatic hydroxyl groups is 1. The van der Waals surface area contributed by atoms with E-state index in [9.17, 15) is 5.11 Å². The van der Waals surface area contributed by atoms with Gasteiger partial charge in [-0.05, 0) is 80.1 Å². The smallest absolute Gasteiger partial charge is 0.128 e. The summed E-state index contributed by atoms with van der Waals surface area (Å²) in [6.07, 6.45) is 1.96. The lowest BCUT2D eigenvalue weighted by Crippen LogP contribution is -2.26. The first-order valence-corrected chi connectivity index (χ1v) is 12.4. The standard InChI is InChI=1S/C25H30N2O2S2/c1-26(2)12-10-19-17-31-23-9-5-7-21(25(19)23)29-15-14-27(3)13-11-18-16-30-22-8-4-6-20(28)24(18)22/h4-9,16-17,28H,10-15H2,1-3H3. The number of likely N-dealkylation sites (N-methyl/N-ethyl adjacent to an activating group) is 2. The fraction of sp³-hybridized carbons (Fsp3) is 0.360. The molecule has 0 fully saturated rings. The molecule has 0 saturated carbocycles. The van der Waals surface area contributed by atoms with Crippen molar-refractivity contribution in [3.8, 4) is 11.5 Å². The maximum absolute atomic E-state index is 10.2. The maximum atomic E-state index is 10.2. The molecule has 31 heavy (non-hydrogen) atoms. The molecular weight excluding hydrogens is 424 g/mol. The monoisotopic (exact) mass is 454 g/mol. The van der Waals surface area contributed by atoms with Gasteiger partial charge < -0.3 is 19.6 Å². The van der Waals surface area contributed by atoms with E-state index in [1.807, 2.05) is 6.07 Å². The van der Waals surface area contributed by atoms with Crippen LogP contribution in [-0.4, -0.2) is 62.3 Å². The number of thiophene rings is 2. The van der Waals surface area contributed by atoms with E-state index in [2.05, 4.69) is 66.0 Å². The van der Waals surface area contributed by atoms with Crippen molar-refractivity contribution in [2.45, 2.75) is 12.8 Å². The van der Waals surface area contributed by atoms with Gasteiger partial charge in [0.15, 0.2) is 0 Å². The van der Waals surface area contributed by atoms with E-state index >= 15 is 0 Å². The minimum atomic E-state index is 0.383. The van der Waals surface area contributed by atoms with Crippen molar-refractivity contribution in [3.05, 3.63) is 58.3 Å². The Morgan fingerprint density at radius 1 is 0.806 bits per heavy atom. The predicted molar refractivity (Wildman–Crippen MR) is 134 cm³/mol. The number of rotatable bonds is 10. The lowest BCUT2D eigenvalue weighted by molar-refractivity contribution is 0.241. The number of benzene rings is 2. The minimum Gasteiger partial charge on any atom is -0.507 e. The van der Waals surface area contributed by atoms with Crippen LogP contribution in [0.1, 0.15) is 11.1 Å². The molecule has 0 radical (unpaired) electrons. The van der Waals surface area contributed by atoms with Gasteiger partial charge in [0.25, 0.3) is 0 Å². The summed E-state index contributed by atoms with van der Waals surface area (Å²) < 4.78 is 8.68. The second-order valence-corrected chi connectivity index (χ2v) is 10.1. The molecule has 0 saturated heterocycles. The van der Waals surface area contributed by atoms with Gasteiger partial charge in [-0.15, -0.1) is 22.7 Å². The SMILES string of the molecule is CN(C)CCc1csc2cccc(OCCN(C)CCc3csc4cccc(O)c34)c12. The number of phenols is 1. The van der Waals surface area contributed by atoms with Crippen LogP contribution in [0.2, 0.25) is 0 Å². The molecule has 0 atom stereocenters. The molecule has 2 aromatic heterocycles.